The Morgan fingerprint density at radius 2 is 1.53 bits per heavy atom. The van der Waals surface area contributed by atoms with Crippen molar-refractivity contribution in [2.75, 3.05) is 49.2 Å². The van der Waals surface area contributed by atoms with Gasteiger partial charge in [0, 0.05) is 48.1 Å². The zero-order valence-electron chi connectivity index (χ0n) is 27.4. The van der Waals surface area contributed by atoms with E-state index in [4.69, 9.17) is 37.4 Å². The highest BCUT2D eigenvalue weighted by Gasteiger charge is 2.46. The number of hydrogen-bond acceptors (Lipinski definition) is 9. The third-order valence-corrected chi connectivity index (χ3v) is 9.68. The normalized spacial score (nSPS) is 20.1. The molecule has 0 spiro atoms. The van der Waals surface area contributed by atoms with Crippen LogP contribution < -0.4 is 20.2 Å². The predicted octanol–water partition coefficient (Wildman–Crippen LogP) is 5.58. The van der Waals surface area contributed by atoms with Crippen molar-refractivity contribution >= 4 is 34.6 Å². The maximum atomic E-state index is 12.8. The van der Waals surface area contributed by atoms with E-state index in [9.17, 15) is 4.79 Å². The maximum absolute atomic E-state index is 12.8. The molecule has 2 aliphatic heterocycles. The van der Waals surface area contributed by atoms with Crippen LogP contribution in [0.15, 0.2) is 90.2 Å². The van der Waals surface area contributed by atoms with Gasteiger partial charge in [-0.25, -0.2) is 14.0 Å². The Balaban J connectivity index is 0.925. The van der Waals surface area contributed by atoms with E-state index in [-0.39, 0.29) is 24.4 Å². The van der Waals surface area contributed by atoms with Crippen molar-refractivity contribution in [3.8, 4) is 11.4 Å². The third kappa shape index (κ3) is 7.04. The fraction of sp³-hybridized carbons (Fsp3) is 0.371. The second-order valence-corrected chi connectivity index (χ2v) is 13.1. The minimum absolute atomic E-state index is 0.0643. The Labute approximate surface area is 294 Å². The van der Waals surface area contributed by atoms with Crippen LogP contribution in [0.5, 0.6) is 5.75 Å². The Morgan fingerprint density at radius 3 is 2.16 bits per heavy atom. The van der Waals surface area contributed by atoms with Gasteiger partial charge in [-0.05, 0) is 74.0 Å². The first-order valence-corrected chi connectivity index (χ1v) is 17.2. The van der Waals surface area contributed by atoms with Crippen LogP contribution in [0.2, 0.25) is 10.0 Å². The van der Waals surface area contributed by atoms with Gasteiger partial charge in [0.2, 0.25) is 5.79 Å². The zero-order valence-corrected chi connectivity index (χ0v) is 28.9. The minimum atomic E-state index is -1.18. The fourth-order valence-electron chi connectivity index (χ4n) is 6.22. The number of hydrogen-bond donors (Lipinski definition) is 0. The number of aromatic nitrogens is 6. The number of halogens is 2. The minimum Gasteiger partial charge on any atom is -0.491 e. The highest BCUT2D eigenvalue weighted by molar-refractivity contribution is 6.35. The average Bonchev–Trinajstić information content (AvgIpc) is 3.88. The van der Waals surface area contributed by atoms with Gasteiger partial charge in [-0.3, -0.25) is 0 Å². The number of piperazine rings is 1. The van der Waals surface area contributed by atoms with Crippen LogP contribution in [0.1, 0.15) is 31.9 Å². The molecule has 0 saturated carbocycles. The van der Waals surface area contributed by atoms with E-state index in [2.05, 4.69) is 49.4 Å². The maximum Gasteiger partial charge on any atom is 0.350 e. The van der Waals surface area contributed by atoms with Crippen molar-refractivity contribution in [1.29, 1.82) is 0 Å². The summed E-state index contributed by atoms with van der Waals surface area (Å²) >= 11 is 12.7. The molecule has 0 amide bonds. The standard InChI is InChI=1S/C35H38Cl2N8O4/c1-3-25(2)45-34(46)43(24-40-45)29-7-5-27(6-8-29)41-16-18-42(19-17-41)28-9-11-30(12-10-28)47-21-31-22-48-35(49-31,23-44-38-14-15-39-44)32-13-4-26(36)20-33(32)37/h4-15,20,24-25,31H,3,16-19,21-23H2,1-2H3/t25-,31?,35-/m0/s1. The number of anilines is 2. The second kappa shape index (κ2) is 14.2. The van der Waals surface area contributed by atoms with E-state index in [1.54, 1.807) is 41.5 Å². The van der Waals surface area contributed by atoms with Crippen LogP contribution in [0.3, 0.4) is 0 Å². The summed E-state index contributed by atoms with van der Waals surface area (Å²) in [7, 11) is 0. The molecule has 0 bridgehead atoms. The summed E-state index contributed by atoms with van der Waals surface area (Å²) in [5, 5.41) is 13.7. The zero-order chi connectivity index (χ0) is 34.0. The molecule has 3 atom stereocenters. The lowest BCUT2D eigenvalue weighted by molar-refractivity contribution is -0.192. The molecular weight excluding hydrogens is 667 g/mol. The summed E-state index contributed by atoms with van der Waals surface area (Å²) < 4.78 is 22.0. The molecule has 7 rings (SSSR count). The van der Waals surface area contributed by atoms with Gasteiger partial charge in [0.25, 0.3) is 0 Å². The first kappa shape index (κ1) is 33.2. The summed E-state index contributed by atoms with van der Waals surface area (Å²) in [6, 6.07) is 21.6. The van der Waals surface area contributed by atoms with Crippen molar-refractivity contribution in [3.05, 3.63) is 112 Å². The summed E-state index contributed by atoms with van der Waals surface area (Å²) in [4.78, 5) is 19.1. The molecule has 4 heterocycles. The van der Waals surface area contributed by atoms with Crippen LogP contribution in [-0.2, 0) is 21.8 Å². The SMILES string of the molecule is CC[C@H](C)n1ncn(-c2ccc(N3CCN(c4ccc(OCC5CO[C@](Cn6nccn6)(c6ccc(Cl)cc6Cl)O5)cc4)CC3)cc2)c1=O. The molecule has 49 heavy (non-hydrogen) atoms. The first-order chi connectivity index (χ1) is 23.8. The molecule has 5 aromatic rings. The molecule has 0 radical (unpaired) electrons. The predicted molar refractivity (Wildman–Crippen MR) is 188 cm³/mol. The number of benzene rings is 3. The molecule has 1 unspecified atom stereocenters. The molecule has 2 saturated heterocycles. The number of rotatable bonds is 11. The Hall–Kier alpha value is -4.36. The Kier molecular flexibility index (Phi) is 9.64. The van der Waals surface area contributed by atoms with Crippen LogP contribution in [0.4, 0.5) is 11.4 Å². The van der Waals surface area contributed by atoms with E-state index >= 15 is 0 Å². The van der Waals surface area contributed by atoms with E-state index in [0.29, 0.717) is 28.8 Å². The highest BCUT2D eigenvalue weighted by atomic mass is 35.5. The Morgan fingerprint density at radius 1 is 0.898 bits per heavy atom. The molecule has 3 aromatic carbocycles. The van der Waals surface area contributed by atoms with E-state index in [0.717, 1.165) is 55.4 Å². The lowest BCUT2D eigenvalue weighted by Gasteiger charge is -2.37. The van der Waals surface area contributed by atoms with Gasteiger partial charge in [0.15, 0.2) is 0 Å². The lowest BCUT2D eigenvalue weighted by atomic mass is 10.1. The van der Waals surface area contributed by atoms with Crippen molar-refractivity contribution in [2.24, 2.45) is 0 Å². The molecule has 256 valence electrons. The van der Waals surface area contributed by atoms with Crippen LogP contribution in [0.25, 0.3) is 5.69 Å². The highest BCUT2D eigenvalue weighted by Crippen LogP contribution is 2.40. The first-order valence-electron chi connectivity index (χ1n) is 16.4. The van der Waals surface area contributed by atoms with Gasteiger partial charge in [0.1, 0.15) is 31.3 Å². The second-order valence-electron chi connectivity index (χ2n) is 12.3. The van der Waals surface area contributed by atoms with Crippen LogP contribution in [0, 0.1) is 0 Å². The molecule has 2 aromatic heterocycles. The van der Waals surface area contributed by atoms with Gasteiger partial charge in [-0.2, -0.15) is 20.1 Å². The van der Waals surface area contributed by atoms with Gasteiger partial charge in [-0.1, -0.05) is 36.2 Å². The van der Waals surface area contributed by atoms with Crippen molar-refractivity contribution in [1.82, 2.24) is 29.3 Å². The van der Waals surface area contributed by atoms with Crippen molar-refractivity contribution < 1.29 is 14.2 Å². The molecule has 2 fully saturated rings. The summed E-state index contributed by atoms with van der Waals surface area (Å²) in [5.74, 6) is -0.435. The number of nitrogens with zero attached hydrogens (tertiary/aromatic N) is 8. The summed E-state index contributed by atoms with van der Waals surface area (Å²) in [6.45, 7) is 8.42. The fourth-order valence-corrected chi connectivity index (χ4v) is 6.78. The van der Waals surface area contributed by atoms with E-state index < -0.39 is 5.79 Å². The monoisotopic (exact) mass is 704 g/mol. The van der Waals surface area contributed by atoms with Gasteiger partial charge in [0.05, 0.1) is 35.8 Å². The molecule has 12 nitrogen and oxygen atoms in total. The smallest absolute Gasteiger partial charge is 0.350 e. The van der Waals surface area contributed by atoms with Gasteiger partial charge >= 0.3 is 5.69 Å². The molecule has 2 aliphatic rings. The van der Waals surface area contributed by atoms with Gasteiger partial charge < -0.3 is 24.0 Å². The third-order valence-electron chi connectivity index (χ3n) is 9.13. The lowest BCUT2D eigenvalue weighted by Crippen LogP contribution is -2.46. The number of ether oxygens (including phenoxy) is 3. The van der Waals surface area contributed by atoms with Crippen molar-refractivity contribution in [2.45, 2.75) is 44.7 Å². The van der Waals surface area contributed by atoms with Crippen LogP contribution in [-0.4, -0.2) is 74.8 Å². The molecule has 0 N–H and O–H groups in total. The topological polar surface area (TPSA) is 105 Å². The van der Waals surface area contributed by atoms with Gasteiger partial charge in [-0.15, -0.1) is 0 Å². The van der Waals surface area contributed by atoms with Crippen molar-refractivity contribution in [3.63, 3.8) is 0 Å². The molecular formula is C35H38Cl2N8O4. The quantitative estimate of drug-likeness (QED) is 0.174. The molecule has 0 aliphatic carbocycles. The summed E-state index contributed by atoms with van der Waals surface area (Å²) in [5.41, 5.74) is 3.63. The average molecular weight is 706 g/mol. The largest absolute Gasteiger partial charge is 0.491 e. The Bertz CT molecular complexity index is 1910. The molecule has 14 heteroatoms. The summed E-state index contributed by atoms with van der Waals surface area (Å²) in [6.07, 6.45) is 5.31. The van der Waals surface area contributed by atoms with E-state index in [1.165, 1.54) is 9.48 Å². The van der Waals surface area contributed by atoms with E-state index in [1.807, 2.05) is 38.1 Å². The van der Waals surface area contributed by atoms with Crippen LogP contribution >= 0.6 is 23.2 Å².